The lowest BCUT2D eigenvalue weighted by molar-refractivity contribution is -0.131. The Labute approximate surface area is 125 Å². The van der Waals surface area contributed by atoms with Gasteiger partial charge in [-0.2, -0.15) is 0 Å². The molecule has 0 fully saturated rings. The van der Waals surface area contributed by atoms with Crippen molar-refractivity contribution < 1.29 is 14.3 Å². The van der Waals surface area contributed by atoms with Crippen molar-refractivity contribution in [1.82, 2.24) is 10.2 Å². The van der Waals surface area contributed by atoms with Crippen LogP contribution in [0, 0.1) is 0 Å². The number of hydrogen-bond acceptors (Lipinski definition) is 4. The van der Waals surface area contributed by atoms with E-state index in [2.05, 4.69) is 29.4 Å². The van der Waals surface area contributed by atoms with Crippen LogP contribution in [0.4, 0.5) is 10.5 Å². The standard InChI is InChI=1S/C15H23N3O3/c1-4-18(5-2)10-9-16-15(20)17-13-7-6-8-14(11-13)21-12(3)19/h6-8,11H,4-5,9-10H2,1-3H3,(H2,16,17,20). The Hall–Kier alpha value is -2.08. The Morgan fingerprint density at radius 1 is 1.24 bits per heavy atom. The number of nitrogens with one attached hydrogen (secondary N) is 2. The average molecular weight is 293 g/mol. The first kappa shape index (κ1) is 17.0. The Kier molecular flexibility index (Phi) is 7.25. The van der Waals surface area contributed by atoms with E-state index in [1.807, 2.05) is 0 Å². The Bertz CT molecular complexity index is 473. The lowest BCUT2D eigenvalue weighted by Crippen LogP contribution is -2.36. The van der Waals surface area contributed by atoms with Gasteiger partial charge < -0.3 is 20.3 Å². The average Bonchev–Trinajstić information content (AvgIpc) is 2.43. The van der Waals surface area contributed by atoms with Crippen molar-refractivity contribution in [2.75, 3.05) is 31.5 Å². The molecule has 0 heterocycles. The van der Waals surface area contributed by atoms with Crippen LogP contribution >= 0.6 is 0 Å². The van der Waals surface area contributed by atoms with Crippen molar-refractivity contribution in [3.8, 4) is 5.75 Å². The molecule has 1 rings (SSSR count). The van der Waals surface area contributed by atoms with E-state index in [4.69, 9.17) is 4.74 Å². The normalized spacial score (nSPS) is 10.3. The molecule has 0 radical (unpaired) electrons. The topological polar surface area (TPSA) is 70.7 Å². The number of amides is 2. The highest BCUT2D eigenvalue weighted by Gasteiger charge is 2.05. The van der Waals surface area contributed by atoms with Crippen LogP contribution in [0.2, 0.25) is 0 Å². The van der Waals surface area contributed by atoms with Crippen LogP contribution in [0.3, 0.4) is 0 Å². The minimum Gasteiger partial charge on any atom is -0.427 e. The van der Waals surface area contributed by atoms with Gasteiger partial charge in [-0.15, -0.1) is 0 Å². The number of nitrogens with zero attached hydrogens (tertiary/aromatic N) is 1. The number of esters is 1. The van der Waals surface area contributed by atoms with Gasteiger partial charge >= 0.3 is 12.0 Å². The van der Waals surface area contributed by atoms with Crippen molar-refractivity contribution in [3.05, 3.63) is 24.3 Å². The van der Waals surface area contributed by atoms with E-state index in [0.717, 1.165) is 19.6 Å². The zero-order valence-corrected chi connectivity index (χ0v) is 12.8. The highest BCUT2D eigenvalue weighted by Crippen LogP contribution is 2.17. The number of ether oxygens (including phenoxy) is 1. The van der Waals surface area contributed by atoms with Gasteiger partial charge in [0.15, 0.2) is 0 Å². The molecule has 0 aliphatic heterocycles. The molecule has 0 saturated heterocycles. The molecule has 0 spiro atoms. The van der Waals surface area contributed by atoms with E-state index in [1.54, 1.807) is 24.3 Å². The van der Waals surface area contributed by atoms with Crippen LogP contribution in [0.5, 0.6) is 5.75 Å². The third-order valence-corrected chi connectivity index (χ3v) is 2.96. The van der Waals surface area contributed by atoms with Crippen LogP contribution in [-0.4, -0.2) is 43.1 Å². The summed E-state index contributed by atoms with van der Waals surface area (Å²) < 4.78 is 4.96. The van der Waals surface area contributed by atoms with Gasteiger partial charge in [0.25, 0.3) is 0 Å². The van der Waals surface area contributed by atoms with E-state index in [-0.39, 0.29) is 6.03 Å². The molecule has 2 N–H and O–H groups in total. The third-order valence-electron chi connectivity index (χ3n) is 2.96. The smallest absolute Gasteiger partial charge is 0.319 e. The van der Waals surface area contributed by atoms with E-state index < -0.39 is 5.97 Å². The lowest BCUT2D eigenvalue weighted by Gasteiger charge is -2.18. The van der Waals surface area contributed by atoms with Crippen LogP contribution in [0.1, 0.15) is 20.8 Å². The number of benzene rings is 1. The summed E-state index contributed by atoms with van der Waals surface area (Å²) in [6.07, 6.45) is 0. The lowest BCUT2D eigenvalue weighted by atomic mass is 10.3. The van der Waals surface area contributed by atoms with Crippen LogP contribution in [-0.2, 0) is 4.79 Å². The number of hydrogen-bond donors (Lipinski definition) is 2. The van der Waals surface area contributed by atoms with Gasteiger partial charge in [-0.25, -0.2) is 4.79 Å². The highest BCUT2D eigenvalue weighted by molar-refractivity contribution is 5.89. The minimum absolute atomic E-state index is 0.276. The molecule has 116 valence electrons. The highest BCUT2D eigenvalue weighted by atomic mass is 16.5. The second kappa shape index (κ2) is 8.97. The minimum atomic E-state index is -0.393. The molecule has 21 heavy (non-hydrogen) atoms. The van der Waals surface area contributed by atoms with Crippen molar-refractivity contribution >= 4 is 17.7 Å². The second-order valence-corrected chi connectivity index (χ2v) is 4.53. The largest absolute Gasteiger partial charge is 0.427 e. The first-order chi connectivity index (χ1) is 10.0. The predicted molar refractivity (Wildman–Crippen MR) is 82.6 cm³/mol. The number of rotatable bonds is 7. The number of carbonyl (C=O) groups is 2. The third kappa shape index (κ3) is 6.76. The van der Waals surface area contributed by atoms with Gasteiger partial charge in [0.2, 0.25) is 0 Å². The van der Waals surface area contributed by atoms with E-state index in [9.17, 15) is 9.59 Å². The van der Waals surface area contributed by atoms with Crippen molar-refractivity contribution in [2.45, 2.75) is 20.8 Å². The van der Waals surface area contributed by atoms with E-state index in [0.29, 0.717) is 18.0 Å². The fourth-order valence-electron chi connectivity index (χ4n) is 1.85. The summed E-state index contributed by atoms with van der Waals surface area (Å²) in [5.74, 6) is 0.0132. The molecule has 0 aliphatic carbocycles. The summed E-state index contributed by atoms with van der Waals surface area (Å²) in [6, 6.07) is 6.43. The molecule has 0 saturated carbocycles. The monoisotopic (exact) mass is 293 g/mol. The molecular weight excluding hydrogens is 270 g/mol. The Morgan fingerprint density at radius 2 is 1.95 bits per heavy atom. The van der Waals surface area contributed by atoms with E-state index in [1.165, 1.54) is 6.92 Å². The number of likely N-dealkylation sites (N-methyl/N-ethyl adjacent to an activating group) is 1. The Balaban J connectivity index is 2.42. The summed E-state index contributed by atoms with van der Waals surface area (Å²) in [4.78, 5) is 24.9. The molecule has 0 unspecified atom stereocenters. The molecule has 0 aliphatic rings. The predicted octanol–water partition coefficient (Wildman–Crippen LogP) is 2.08. The van der Waals surface area contributed by atoms with E-state index >= 15 is 0 Å². The number of urea groups is 1. The SMILES string of the molecule is CCN(CC)CCNC(=O)Nc1cccc(OC(C)=O)c1. The summed E-state index contributed by atoms with van der Waals surface area (Å²) in [5, 5.41) is 5.50. The maximum atomic E-state index is 11.8. The fourth-order valence-corrected chi connectivity index (χ4v) is 1.85. The zero-order chi connectivity index (χ0) is 15.7. The van der Waals surface area contributed by atoms with Gasteiger partial charge in [0, 0.05) is 31.8 Å². The zero-order valence-electron chi connectivity index (χ0n) is 12.8. The Morgan fingerprint density at radius 3 is 2.57 bits per heavy atom. The molecule has 6 heteroatoms. The van der Waals surface area contributed by atoms with Crippen molar-refractivity contribution in [3.63, 3.8) is 0 Å². The number of carbonyl (C=O) groups excluding carboxylic acids is 2. The maximum Gasteiger partial charge on any atom is 0.319 e. The molecule has 1 aromatic rings. The molecule has 0 aromatic heterocycles. The molecular formula is C15H23N3O3. The van der Waals surface area contributed by atoms with Crippen LogP contribution in [0.25, 0.3) is 0 Å². The van der Waals surface area contributed by atoms with Gasteiger partial charge in [-0.3, -0.25) is 4.79 Å². The quantitative estimate of drug-likeness (QED) is 0.596. The summed E-state index contributed by atoms with van der Waals surface area (Å²) in [7, 11) is 0. The van der Waals surface area contributed by atoms with Crippen molar-refractivity contribution in [2.24, 2.45) is 0 Å². The summed E-state index contributed by atoms with van der Waals surface area (Å²) in [5.41, 5.74) is 0.578. The van der Waals surface area contributed by atoms with Crippen LogP contribution in [0.15, 0.2) is 24.3 Å². The molecule has 0 bridgehead atoms. The second-order valence-electron chi connectivity index (χ2n) is 4.53. The first-order valence-corrected chi connectivity index (χ1v) is 7.10. The number of anilines is 1. The molecule has 6 nitrogen and oxygen atoms in total. The molecule has 2 amide bonds. The maximum absolute atomic E-state index is 11.8. The molecule has 1 aromatic carbocycles. The van der Waals surface area contributed by atoms with Gasteiger partial charge in [0.1, 0.15) is 5.75 Å². The fraction of sp³-hybridized carbons (Fsp3) is 0.467. The molecule has 0 atom stereocenters. The first-order valence-electron chi connectivity index (χ1n) is 7.10. The summed E-state index contributed by atoms with van der Waals surface area (Å²) >= 11 is 0. The van der Waals surface area contributed by atoms with Gasteiger partial charge in [-0.05, 0) is 25.2 Å². The van der Waals surface area contributed by atoms with Crippen molar-refractivity contribution in [1.29, 1.82) is 0 Å². The van der Waals surface area contributed by atoms with Gasteiger partial charge in [-0.1, -0.05) is 19.9 Å². The van der Waals surface area contributed by atoms with Gasteiger partial charge in [0.05, 0.1) is 0 Å². The summed E-state index contributed by atoms with van der Waals surface area (Å²) in [6.45, 7) is 8.83. The van der Waals surface area contributed by atoms with Crippen LogP contribution < -0.4 is 15.4 Å².